The van der Waals surface area contributed by atoms with Crippen molar-refractivity contribution in [1.29, 1.82) is 0 Å². The Kier molecular flexibility index (Phi) is 5.26. The Morgan fingerprint density at radius 2 is 2.15 bits per heavy atom. The van der Waals surface area contributed by atoms with Gasteiger partial charge in [-0.1, -0.05) is 19.9 Å². The van der Waals surface area contributed by atoms with Crippen molar-refractivity contribution in [2.24, 2.45) is 0 Å². The van der Waals surface area contributed by atoms with Crippen molar-refractivity contribution >= 4 is 0 Å². The van der Waals surface area contributed by atoms with E-state index in [0.29, 0.717) is 6.04 Å². The van der Waals surface area contributed by atoms with E-state index in [1.165, 1.54) is 0 Å². The molecule has 0 radical (unpaired) electrons. The van der Waals surface area contributed by atoms with Gasteiger partial charge >= 0.3 is 0 Å². The Balaban J connectivity index is 2.13. The molecule has 2 rings (SSSR count). The predicted molar refractivity (Wildman–Crippen MR) is 79.2 cm³/mol. The molecule has 1 aliphatic rings. The van der Waals surface area contributed by atoms with Crippen LogP contribution in [0.3, 0.4) is 0 Å². The third-order valence-electron chi connectivity index (χ3n) is 3.67. The average Bonchev–Trinajstić information content (AvgIpc) is 2.82. The van der Waals surface area contributed by atoms with Gasteiger partial charge in [0.15, 0.2) is 0 Å². The molecular formula is C16H25NO3. The van der Waals surface area contributed by atoms with Crippen LogP contribution in [-0.2, 0) is 6.54 Å². The lowest BCUT2D eigenvalue weighted by Crippen LogP contribution is -2.27. The van der Waals surface area contributed by atoms with Crippen LogP contribution in [0.15, 0.2) is 18.2 Å². The van der Waals surface area contributed by atoms with Crippen LogP contribution in [-0.4, -0.2) is 30.5 Å². The van der Waals surface area contributed by atoms with Crippen molar-refractivity contribution in [3.63, 3.8) is 0 Å². The lowest BCUT2D eigenvalue weighted by molar-refractivity contribution is 0.0595. The fourth-order valence-corrected chi connectivity index (χ4v) is 2.44. The summed E-state index contributed by atoms with van der Waals surface area (Å²) in [4.78, 5) is 0. The largest absolute Gasteiger partial charge is 0.497 e. The van der Waals surface area contributed by atoms with Gasteiger partial charge in [0.1, 0.15) is 17.6 Å². The molecule has 0 spiro atoms. The van der Waals surface area contributed by atoms with Gasteiger partial charge < -0.3 is 19.9 Å². The zero-order valence-corrected chi connectivity index (χ0v) is 12.6. The van der Waals surface area contributed by atoms with Gasteiger partial charge in [0.2, 0.25) is 0 Å². The third kappa shape index (κ3) is 3.87. The molecule has 1 aromatic carbocycles. The number of nitrogens with one attached hydrogen (secondary N) is 1. The maximum atomic E-state index is 9.91. The Morgan fingerprint density at radius 1 is 1.35 bits per heavy atom. The van der Waals surface area contributed by atoms with Crippen molar-refractivity contribution in [2.45, 2.75) is 57.9 Å². The van der Waals surface area contributed by atoms with Gasteiger partial charge in [0, 0.05) is 24.2 Å². The molecule has 0 aliphatic heterocycles. The molecule has 2 atom stereocenters. The summed E-state index contributed by atoms with van der Waals surface area (Å²) in [6, 6.07) is 6.28. The number of aliphatic hydroxyl groups is 1. The van der Waals surface area contributed by atoms with Gasteiger partial charge in [0.25, 0.3) is 0 Å². The first-order valence-corrected chi connectivity index (χ1v) is 7.35. The second-order valence-electron chi connectivity index (χ2n) is 5.66. The molecule has 0 saturated heterocycles. The summed E-state index contributed by atoms with van der Waals surface area (Å²) in [5, 5.41) is 13.3. The minimum absolute atomic E-state index is 0.0973. The van der Waals surface area contributed by atoms with Gasteiger partial charge in [-0.15, -0.1) is 0 Å². The maximum absolute atomic E-state index is 9.91. The molecule has 0 amide bonds. The van der Waals surface area contributed by atoms with Gasteiger partial charge in [-0.2, -0.15) is 0 Å². The lowest BCUT2D eigenvalue weighted by atomic mass is 10.1. The minimum Gasteiger partial charge on any atom is -0.497 e. The van der Waals surface area contributed by atoms with E-state index in [4.69, 9.17) is 9.47 Å². The van der Waals surface area contributed by atoms with Gasteiger partial charge in [-0.3, -0.25) is 0 Å². The van der Waals surface area contributed by atoms with Crippen molar-refractivity contribution in [2.75, 3.05) is 7.11 Å². The van der Waals surface area contributed by atoms with E-state index in [1.807, 2.05) is 18.2 Å². The van der Waals surface area contributed by atoms with E-state index in [9.17, 15) is 5.11 Å². The minimum atomic E-state index is -0.355. The van der Waals surface area contributed by atoms with E-state index < -0.39 is 0 Å². The van der Waals surface area contributed by atoms with Crippen LogP contribution in [0, 0.1) is 0 Å². The van der Waals surface area contributed by atoms with Gasteiger partial charge in [0.05, 0.1) is 13.2 Å². The van der Waals surface area contributed by atoms with Gasteiger partial charge in [-0.25, -0.2) is 0 Å². The second-order valence-corrected chi connectivity index (χ2v) is 5.66. The molecule has 4 nitrogen and oxygen atoms in total. The molecule has 4 heteroatoms. The summed E-state index contributed by atoms with van der Waals surface area (Å²) >= 11 is 0. The first kappa shape index (κ1) is 15.1. The van der Waals surface area contributed by atoms with Crippen LogP contribution in [0.1, 0.15) is 38.7 Å². The van der Waals surface area contributed by atoms with Crippen molar-refractivity contribution < 1.29 is 14.6 Å². The number of ether oxygens (including phenoxy) is 2. The molecule has 0 heterocycles. The SMILES string of the molecule is COc1ccc(CNC(C)C)c(OC2CCCC2O)c1. The molecule has 1 aliphatic carbocycles. The van der Waals surface area contributed by atoms with Crippen LogP contribution in [0.4, 0.5) is 0 Å². The number of methoxy groups -OCH3 is 1. The summed E-state index contributed by atoms with van der Waals surface area (Å²) < 4.78 is 11.3. The van der Waals surface area contributed by atoms with Crippen molar-refractivity contribution in [1.82, 2.24) is 5.32 Å². The summed E-state index contributed by atoms with van der Waals surface area (Å²) in [6.45, 7) is 4.98. The summed E-state index contributed by atoms with van der Waals surface area (Å²) in [5.41, 5.74) is 1.10. The number of benzene rings is 1. The average molecular weight is 279 g/mol. The van der Waals surface area contributed by atoms with E-state index in [1.54, 1.807) is 7.11 Å². The quantitative estimate of drug-likeness (QED) is 0.840. The highest BCUT2D eigenvalue weighted by Crippen LogP contribution is 2.30. The van der Waals surface area contributed by atoms with Gasteiger partial charge in [-0.05, 0) is 25.3 Å². The van der Waals surface area contributed by atoms with E-state index in [2.05, 4.69) is 19.2 Å². The smallest absolute Gasteiger partial charge is 0.128 e. The van der Waals surface area contributed by atoms with E-state index >= 15 is 0 Å². The van der Waals surface area contributed by atoms with Crippen LogP contribution in [0.25, 0.3) is 0 Å². The standard InChI is InChI=1S/C16H25NO3/c1-11(2)17-10-12-7-8-13(19-3)9-16(12)20-15-6-4-5-14(15)18/h7-9,11,14-15,17-18H,4-6,10H2,1-3H3. The number of hydrogen-bond donors (Lipinski definition) is 2. The highest BCUT2D eigenvalue weighted by atomic mass is 16.5. The predicted octanol–water partition coefficient (Wildman–Crippen LogP) is 2.49. The highest BCUT2D eigenvalue weighted by Gasteiger charge is 2.27. The molecule has 1 saturated carbocycles. The summed E-state index contributed by atoms with van der Waals surface area (Å²) in [7, 11) is 1.65. The molecule has 1 fully saturated rings. The lowest BCUT2D eigenvalue weighted by Gasteiger charge is -2.20. The Bertz CT molecular complexity index is 434. The van der Waals surface area contributed by atoms with Crippen LogP contribution in [0.5, 0.6) is 11.5 Å². The topological polar surface area (TPSA) is 50.7 Å². The molecule has 0 bridgehead atoms. The Morgan fingerprint density at radius 3 is 2.75 bits per heavy atom. The first-order valence-electron chi connectivity index (χ1n) is 7.35. The molecule has 112 valence electrons. The summed E-state index contributed by atoms with van der Waals surface area (Å²) in [6.07, 6.45) is 2.31. The highest BCUT2D eigenvalue weighted by molar-refractivity contribution is 5.41. The maximum Gasteiger partial charge on any atom is 0.128 e. The van der Waals surface area contributed by atoms with E-state index in [0.717, 1.165) is 42.9 Å². The molecule has 0 aromatic heterocycles. The molecule has 1 aromatic rings. The van der Waals surface area contributed by atoms with Crippen molar-refractivity contribution in [3.05, 3.63) is 23.8 Å². The molecule has 20 heavy (non-hydrogen) atoms. The number of aliphatic hydroxyl groups excluding tert-OH is 1. The van der Waals surface area contributed by atoms with Crippen LogP contribution in [0.2, 0.25) is 0 Å². The van der Waals surface area contributed by atoms with Crippen molar-refractivity contribution in [3.8, 4) is 11.5 Å². The third-order valence-corrected chi connectivity index (χ3v) is 3.67. The van der Waals surface area contributed by atoms with Crippen LogP contribution >= 0.6 is 0 Å². The molecule has 2 unspecified atom stereocenters. The molecule has 2 N–H and O–H groups in total. The zero-order chi connectivity index (χ0) is 14.5. The number of hydrogen-bond acceptors (Lipinski definition) is 4. The number of rotatable bonds is 6. The van der Waals surface area contributed by atoms with Crippen LogP contribution < -0.4 is 14.8 Å². The molecular weight excluding hydrogens is 254 g/mol. The second kappa shape index (κ2) is 6.95. The first-order chi connectivity index (χ1) is 9.60. The Labute approximate surface area is 121 Å². The normalized spacial score (nSPS) is 22.2. The zero-order valence-electron chi connectivity index (χ0n) is 12.6. The fraction of sp³-hybridized carbons (Fsp3) is 0.625. The Hall–Kier alpha value is -1.26. The summed E-state index contributed by atoms with van der Waals surface area (Å²) in [5.74, 6) is 1.59. The monoisotopic (exact) mass is 279 g/mol. The fourth-order valence-electron chi connectivity index (χ4n) is 2.44. The van der Waals surface area contributed by atoms with E-state index in [-0.39, 0.29) is 12.2 Å².